The molecular weight excluding hydrogens is 232 g/mol. The van der Waals surface area contributed by atoms with E-state index >= 15 is 0 Å². The van der Waals surface area contributed by atoms with Gasteiger partial charge in [-0.15, -0.1) is 0 Å². The Morgan fingerprint density at radius 2 is 2.33 bits per heavy atom. The van der Waals surface area contributed by atoms with E-state index in [0.717, 1.165) is 12.0 Å². The zero-order valence-electron chi connectivity index (χ0n) is 9.82. The highest BCUT2D eigenvalue weighted by atomic mass is 16.4. The summed E-state index contributed by atoms with van der Waals surface area (Å²) in [4.78, 5) is 28.2. The molecule has 0 aliphatic carbocycles. The predicted molar refractivity (Wildman–Crippen MR) is 65.6 cm³/mol. The molecule has 0 spiro atoms. The second-order valence-corrected chi connectivity index (χ2v) is 4.15. The van der Waals surface area contributed by atoms with Gasteiger partial charge in [0.05, 0.1) is 0 Å². The minimum absolute atomic E-state index is 0.260. The Balaban J connectivity index is 2.04. The van der Waals surface area contributed by atoms with Crippen molar-refractivity contribution in [2.24, 2.45) is 0 Å². The molecule has 1 N–H and O–H groups in total. The quantitative estimate of drug-likeness (QED) is 0.813. The van der Waals surface area contributed by atoms with Crippen LogP contribution in [0.25, 0.3) is 6.08 Å². The van der Waals surface area contributed by atoms with Crippen molar-refractivity contribution in [2.75, 3.05) is 6.54 Å². The van der Waals surface area contributed by atoms with Crippen molar-refractivity contribution in [3.05, 3.63) is 36.2 Å². The van der Waals surface area contributed by atoms with E-state index in [9.17, 15) is 9.59 Å². The van der Waals surface area contributed by atoms with Crippen molar-refractivity contribution in [1.82, 2.24) is 9.88 Å². The number of rotatable bonds is 3. The molecule has 1 aliphatic heterocycles. The third kappa shape index (κ3) is 2.74. The van der Waals surface area contributed by atoms with Gasteiger partial charge < -0.3 is 10.0 Å². The molecule has 0 aromatic carbocycles. The van der Waals surface area contributed by atoms with Crippen LogP contribution in [0, 0.1) is 0 Å². The molecule has 1 fully saturated rings. The van der Waals surface area contributed by atoms with Crippen LogP contribution in [0.15, 0.2) is 30.6 Å². The molecule has 0 saturated carbocycles. The molecule has 2 heterocycles. The highest BCUT2D eigenvalue weighted by molar-refractivity contribution is 5.94. The summed E-state index contributed by atoms with van der Waals surface area (Å²) in [7, 11) is 0. The first-order valence-corrected chi connectivity index (χ1v) is 5.80. The van der Waals surface area contributed by atoms with Crippen LogP contribution in [0.2, 0.25) is 0 Å². The first-order valence-electron chi connectivity index (χ1n) is 5.80. The summed E-state index contributed by atoms with van der Waals surface area (Å²) in [6.45, 7) is 0.507. The maximum absolute atomic E-state index is 11.9. The number of carboxylic acids is 1. The van der Waals surface area contributed by atoms with Crippen LogP contribution in [0.3, 0.4) is 0 Å². The fourth-order valence-electron chi connectivity index (χ4n) is 2.03. The van der Waals surface area contributed by atoms with Crippen molar-refractivity contribution < 1.29 is 14.7 Å². The molecule has 5 heteroatoms. The van der Waals surface area contributed by atoms with Crippen LogP contribution in [0.4, 0.5) is 0 Å². The van der Waals surface area contributed by atoms with Crippen molar-refractivity contribution in [3.8, 4) is 0 Å². The summed E-state index contributed by atoms with van der Waals surface area (Å²) in [5, 5.41) is 8.99. The molecular formula is C13H14N2O3. The molecule has 18 heavy (non-hydrogen) atoms. The zero-order valence-corrected chi connectivity index (χ0v) is 9.82. The lowest BCUT2D eigenvalue weighted by Gasteiger charge is -2.19. The van der Waals surface area contributed by atoms with Gasteiger partial charge in [0.15, 0.2) is 0 Å². The molecule has 2 rings (SSSR count). The Bertz CT molecular complexity index is 470. The highest BCUT2D eigenvalue weighted by Gasteiger charge is 2.32. The van der Waals surface area contributed by atoms with Crippen LogP contribution < -0.4 is 0 Å². The molecule has 0 unspecified atom stereocenters. The summed E-state index contributed by atoms with van der Waals surface area (Å²) in [5.41, 5.74) is 0.817. The smallest absolute Gasteiger partial charge is 0.326 e. The van der Waals surface area contributed by atoms with Gasteiger partial charge in [-0.2, -0.15) is 0 Å². The van der Waals surface area contributed by atoms with Crippen LogP contribution in [0.5, 0.6) is 0 Å². The van der Waals surface area contributed by atoms with Crippen LogP contribution >= 0.6 is 0 Å². The SMILES string of the molecule is O=C(O)[C@H]1CCCN1C(=O)/C=C/c1cccnc1. The number of nitrogens with zero attached hydrogens (tertiary/aromatic N) is 2. The van der Waals surface area contributed by atoms with E-state index in [0.29, 0.717) is 13.0 Å². The fraction of sp³-hybridized carbons (Fsp3) is 0.308. The summed E-state index contributed by atoms with van der Waals surface area (Å²) in [5.74, 6) is -1.20. The van der Waals surface area contributed by atoms with E-state index in [4.69, 9.17) is 5.11 Å². The summed E-state index contributed by atoms with van der Waals surface area (Å²) in [6, 6.07) is 2.92. The average Bonchev–Trinajstić information content (AvgIpc) is 2.86. The first-order chi connectivity index (χ1) is 8.68. The van der Waals surface area contributed by atoms with Crippen molar-refractivity contribution in [3.63, 3.8) is 0 Å². The Hall–Kier alpha value is -2.17. The number of carbonyl (C=O) groups is 2. The first kappa shape index (κ1) is 12.3. The number of aliphatic carboxylic acids is 1. The van der Waals surface area contributed by atoms with Gasteiger partial charge in [0.2, 0.25) is 5.91 Å². The van der Waals surface area contributed by atoms with Crippen molar-refractivity contribution in [2.45, 2.75) is 18.9 Å². The van der Waals surface area contributed by atoms with Crippen LogP contribution in [-0.2, 0) is 9.59 Å². The normalized spacial score (nSPS) is 19.3. The third-order valence-corrected chi connectivity index (χ3v) is 2.92. The van der Waals surface area contributed by atoms with Gasteiger partial charge in [0.1, 0.15) is 6.04 Å². The molecule has 1 saturated heterocycles. The second-order valence-electron chi connectivity index (χ2n) is 4.15. The van der Waals surface area contributed by atoms with Gasteiger partial charge in [-0.3, -0.25) is 9.78 Å². The Morgan fingerprint density at radius 1 is 1.50 bits per heavy atom. The number of likely N-dealkylation sites (tertiary alicyclic amines) is 1. The highest BCUT2D eigenvalue weighted by Crippen LogP contribution is 2.18. The number of hydrogen-bond acceptors (Lipinski definition) is 3. The lowest BCUT2D eigenvalue weighted by molar-refractivity contribution is -0.146. The van der Waals surface area contributed by atoms with Gasteiger partial charge >= 0.3 is 5.97 Å². The van der Waals surface area contributed by atoms with E-state index in [-0.39, 0.29) is 5.91 Å². The van der Waals surface area contributed by atoms with Gasteiger partial charge in [-0.25, -0.2) is 4.79 Å². The molecule has 1 aromatic rings. The average molecular weight is 246 g/mol. The molecule has 1 aliphatic rings. The van der Waals surface area contributed by atoms with Crippen molar-refractivity contribution >= 4 is 18.0 Å². The number of carboxylic acid groups (broad SMARTS) is 1. The Labute approximate surface area is 105 Å². The second kappa shape index (κ2) is 5.44. The van der Waals surface area contributed by atoms with E-state index < -0.39 is 12.0 Å². The molecule has 94 valence electrons. The fourth-order valence-corrected chi connectivity index (χ4v) is 2.03. The largest absolute Gasteiger partial charge is 0.480 e. The number of pyridine rings is 1. The minimum atomic E-state index is -0.935. The molecule has 1 atom stereocenters. The maximum atomic E-state index is 11.9. The maximum Gasteiger partial charge on any atom is 0.326 e. The number of hydrogen-bond donors (Lipinski definition) is 1. The molecule has 1 aromatic heterocycles. The summed E-state index contributed by atoms with van der Waals surface area (Å²) in [6.07, 6.45) is 7.61. The van der Waals surface area contributed by atoms with E-state index in [2.05, 4.69) is 4.98 Å². The van der Waals surface area contributed by atoms with E-state index in [1.165, 1.54) is 11.0 Å². The Morgan fingerprint density at radius 3 is 3.00 bits per heavy atom. The van der Waals surface area contributed by atoms with Gasteiger partial charge in [-0.1, -0.05) is 6.07 Å². The molecule has 0 radical (unpaired) electrons. The number of amides is 1. The topological polar surface area (TPSA) is 70.5 Å². The lowest BCUT2D eigenvalue weighted by Crippen LogP contribution is -2.39. The number of carbonyl (C=O) groups excluding carboxylic acids is 1. The summed E-state index contributed by atoms with van der Waals surface area (Å²) >= 11 is 0. The van der Waals surface area contributed by atoms with Crippen LogP contribution in [0.1, 0.15) is 18.4 Å². The number of aromatic nitrogens is 1. The predicted octanol–water partition coefficient (Wildman–Crippen LogP) is 1.17. The minimum Gasteiger partial charge on any atom is -0.480 e. The monoisotopic (exact) mass is 246 g/mol. The van der Waals surface area contributed by atoms with Gasteiger partial charge in [-0.05, 0) is 30.5 Å². The molecule has 1 amide bonds. The van der Waals surface area contributed by atoms with Gasteiger partial charge in [0.25, 0.3) is 0 Å². The van der Waals surface area contributed by atoms with E-state index in [1.54, 1.807) is 24.5 Å². The zero-order chi connectivity index (χ0) is 13.0. The van der Waals surface area contributed by atoms with Crippen molar-refractivity contribution in [1.29, 1.82) is 0 Å². The Kier molecular flexibility index (Phi) is 3.72. The van der Waals surface area contributed by atoms with E-state index in [1.807, 2.05) is 6.07 Å². The standard InChI is InChI=1S/C13H14N2O3/c16-12(6-5-10-3-1-7-14-9-10)15-8-2-4-11(15)13(17)18/h1,3,5-7,9,11H,2,4,8H2,(H,17,18)/b6-5+/t11-/m1/s1. The molecule has 5 nitrogen and oxygen atoms in total. The summed E-state index contributed by atoms with van der Waals surface area (Å²) < 4.78 is 0. The van der Waals surface area contributed by atoms with Crippen LogP contribution in [-0.4, -0.2) is 39.5 Å². The van der Waals surface area contributed by atoms with Gasteiger partial charge in [0, 0.05) is 25.0 Å². The third-order valence-electron chi connectivity index (χ3n) is 2.92. The molecule has 0 bridgehead atoms. The lowest BCUT2D eigenvalue weighted by atomic mass is 10.2.